The zero-order valence-corrected chi connectivity index (χ0v) is 12.8. The quantitative estimate of drug-likeness (QED) is 0.770. The van der Waals surface area contributed by atoms with Crippen molar-refractivity contribution in [2.24, 2.45) is 11.7 Å². The number of hydrogen-bond donors (Lipinski definition) is 2. The lowest BCUT2D eigenvalue weighted by molar-refractivity contribution is 0.100. The van der Waals surface area contributed by atoms with E-state index in [1.807, 2.05) is 14.1 Å². The molecule has 0 radical (unpaired) electrons. The molecule has 1 aromatic rings. The third-order valence-corrected chi connectivity index (χ3v) is 2.91. The van der Waals surface area contributed by atoms with E-state index in [1.54, 1.807) is 6.07 Å². The van der Waals surface area contributed by atoms with Crippen LogP contribution in [0.3, 0.4) is 0 Å². The number of carbonyl (C=O) groups is 1. The Morgan fingerprint density at radius 2 is 2.00 bits per heavy atom. The van der Waals surface area contributed by atoms with Gasteiger partial charge in [0.25, 0.3) is 5.91 Å². The molecular weight excluding hydrogens is 254 g/mol. The summed E-state index contributed by atoms with van der Waals surface area (Å²) in [5.41, 5.74) is 11.7. The van der Waals surface area contributed by atoms with Crippen LogP contribution < -0.4 is 16.4 Å². The van der Waals surface area contributed by atoms with E-state index in [0.29, 0.717) is 17.2 Å². The highest BCUT2D eigenvalue weighted by atomic mass is 16.1. The summed E-state index contributed by atoms with van der Waals surface area (Å²) in [4.78, 5) is 20.0. The highest BCUT2D eigenvalue weighted by Crippen LogP contribution is 2.18. The van der Waals surface area contributed by atoms with Gasteiger partial charge < -0.3 is 21.3 Å². The van der Waals surface area contributed by atoms with Gasteiger partial charge in [0.05, 0.1) is 17.4 Å². The molecule has 1 amide bonds. The van der Waals surface area contributed by atoms with Crippen LogP contribution in [-0.2, 0) is 0 Å². The number of likely N-dealkylation sites (N-methyl/N-ethyl adjacent to an activating group) is 1. The average molecular weight is 279 g/mol. The van der Waals surface area contributed by atoms with Crippen molar-refractivity contribution in [1.29, 1.82) is 0 Å². The fraction of sp³-hybridized carbons (Fsp3) is 0.571. The minimum atomic E-state index is -0.525. The Bertz CT molecular complexity index is 459. The van der Waals surface area contributed by atoms with Crippen LogP contribution in [0.15, 0.2) is 12.3 Å². The third-order valence-electron chi connectivity index (χ3n) is 2.91. The summed E-state index contributed by atoms with van der Waals surface area (Å²) < 4.78 is 0. The van der Waals surface area contributed by atoms with Crippen molar-refractivity contribution in [1.82, 2.24) is 9.88 Å². The lowest BCUT2D eigenvalue weighted by Crippen LogP contribution is -2.35. The highest BCUT2D eigenvalue weighted by Gasteiger charge is 2.14. The first kappa shape index (κ1) is 16.2. The van der Waals surface area contributed by atoms with Crippen LogP contribution in [0.5, 0.6) is 0 Å². The molecule has 4 N–H and O–H groups in total. The molecule has 0 saturated carbocycles. The summed E-state index contributed by atoms with van der Waals surface area (Å²) in [7, 11) is 4.05. The molecule has 0 spiro atoms. The molecule has 0 aliphatic carbocycles. The number of pyridine rings is 1. The molecule has 1 rings (SSSR count). The number of rotatable bonds is 7. The van der Waals surface area contributed by atoms with Gasteiger partial charge in [0.2, 0.25) is 0 Å². The van der Waals surface area contributed by atoms with Crippen molar-refractivity contribution in [2.75, 3.05) is 44.4 Å². The van der Waals surface area contributed by atoms with Crippen LogP contribution in [0, 0.1) is 5.92 Å². The molecule has 0 saturated heterocycles. The minimum Gasteiger partial charge on any atom is -0.397 e. The summed E-state index contributed by atoms with van der Waals surface area (Å²) in [6.45, 7) is 6.90. The summed E-state index contributed by atoms with van der Waals surface area (Å²) >= 11 is 0. The van der Waals surface area contributed by atoms with Crippen LogP contribution >= 0.6 is 0 Å². The number of primary amides is 1. The Kier molecular flexibility index (Phi) is 5.76. The van der Waals surface area contributed by atoms with E-state index in [1.165, 1.54) is 6.20 Å². The topological polar surface area (TPSA) is 88.5 Å². The van der Waals surface area contributed by atoms with Crippen LogP contribution in [0.4, 0.5) is 11.5 Å². The maximum atomic E-state index is 11.4. The van der Waals surface area contributed by atoms with Crippen molar-refractivity contribution in [3.05, 3.63) is 17.8 Å². The van der Waals surface area contributed by atoms with Gasteiger partial charge >= 0.3 is 0 Å². The largest absolute Gasteiger partial charge is 0.397 e. The van der Waals surface area contributed by atoms with Crippen molar-refractivity contribution in [3.8, 4) is 0 Å². The minimum absolute atomic E-state index is 0.318. The lowest BCUT2D eigenvalue weighted by atomic mass is 10.1. The van der Waals surface area contributed by atoms with Gasteiger partial charge in [-0.1, -0.05) is 13.8 Å². The van der Waals surface area contributed by atoms with E-state index in [9.17, 15) is 4.79 Å². The molecular formula is C14H25N5O. The van der Waals surface area contributed by atoms with E-state index in [2.05, 4.69) is 28.6 Å². The molecule has 112 valence electrons. The average Bonchev–Trinajstić information content (AvgIpc) is 2.34. The predicted octanol–water partition coefficient (Wildman–Crippen LogP) is 0.787. The highest BCUT2D eigenvalue weighted by molar-refractivity contribution is 5.98. The van der Waals surface area contributed by atoms with Gasteiger partial charge in [-0.15, -0.1) is 0 Å². The molecule has 6 heteroatoms. The Labute approximate surface area is 120 Å². The molecule has 0 unspecified atom stereocenters. The molecule has 0 atom stereocenters. The molecule has 0 aliphatic heterocycles. The van der Waals surface area contributed by atoms with Crippen LogP contribution in [-0.4, -0.2) is 49.5 Å². The second-order valence-corrected chi connectivity index (χ2v) is 5.64. The molecule has 0 bridgehead atoms. The predicted molar refractivity (Wildman–Crippen MR) is 82.8 cm³/mol. The van der Waals surface area contributed by atoms with Crippen LogP contribution in [0.1, 0.15) is 24.2 Å². The van der Waals surface area contributed by atoms with Gasteiger partial charge in [0.15, 0.2) is 0 Å². The second-order valence-electron chi connectivity index (χ2n) is 5.64. The number of anilines is 2. The van der Waals surface area contributed by atoms with Gasteiger partial charge in [0, 0.05) is 19.6 Å². The summed E-state index contributed by atoms with van der Waals surface area (Å²) in [6, 6.07) is 1.68. The summed E-state index contributed by atoms with van der Waals surface area (Å²) in [6.07, 6.45) is 1.50. The number of nitrogens with zero attached hydrogens (tertiary/aromatic N) is 3. The van der Waals surface area contributed by atoms with Crippen LogP contribution in [0.2, 0.25) is 0 Å². The van der Waals surface area contributed by atoms with Gasteiger partial charge in [-0.3, -0.25) is 4.79 Å². The monoisotopic (exact) mass is 279 g/mol. The number of nitrogen functional groups attached to an aromatic ring is 1. The fourth-order valence-corrected chi connectivity index (χ4v) is 1.90. The number of carbonyl (C=O) groups excluding carboxylic acids is 1. The van der Waals surface area contributed by atoms with E-state index in [-0.39, 0.29) is 0 Å². The van der Waals surface area contributed by atoms with Gasteiger partial charge in [0.1, 0.15) is 5.82 Å². The number of amides is 1. The zero-order valence-electron chi connectivity index (χ0n) is 12.8. The molecule has 0 fully saturated rings. The standard InChI is InChI=1S/C14H25N5O/c1-10(2)9-19(6-5-18(3)4)13-7-11(14(16)20)12(15)8-17-13/h7-8,10H,5-6,9,15H2,1-4H3,(H2,16,20). The molecule has 20 heavy (non-hydrogen) atoms. The number of hydrogen-bond acceptors (Lipinski definition) is 5. The van der Waals surface area contributed by atoms with E-state index in [4.69, 9.17) is 11.5 Å². The van der Waals surface area contributed by atoms with E-state index in [0.717, 1.165) is 25.5 Å². The Hall–Kier alpha value is -1.82. The smallest absolute Gasteiger partial charge is 0.250 e. The molecule has 0 aromatic carbocycles. The van der Waals surface area contributed by atoms with E-state index < -0.39 is 5.91 Å². The SMILES string of the molecule is CC(C)CN(CCN(C)C)c1cc(C(N)=O)c(N)cn1. The second kappa shape index (κ2) is 7.09. The molecule has 6 nitrogen and oxygen atoms in total. The zero-order chi connectivity index (χ0) is 15.3. The number of nitrogens with two attached hydrogens (primary N) is 2. The third kappa shape index (κ3) is 4.70. The maximum absolute atomic E-state index is 11.4. The first-order valence-corrected chi connectivity index (χ1v) is 6.76. The maximum Gasteiger partial charge on any atom is 0.250 e. The first-order chi connectivity index (χ1) is 9.31. The Morgan fingerprint density at radius 1 is 1.35 bits per heavy atom. The normalized spacial score (nSPS) is 11.1. The Morgan fingerprint density at radius 3 is 2.50 bits per heavy atom. The van der Waals surface area contributed by atoms with Crippen molar-refractivity contribution >= 4 is 17.4 Å². The molecule has 1 aromatic heterocycles. The van der Waals surface area contributed by atoms with Crippen molar-refractivity contribution in [2.45, 2.75) is 13.8 Å². The van der Waals surface area contributed by atoms with Gasteiger partial charge in [-0.25, -0.2) is 4.98 Å². The number of aromatic nitrogens is 1. The lowest BCUT2D eigenvalue weighted by Gasteiger charge is -2.27. The van der Waals surface area contributed by atoms with Gasteiger partial charge in [-0.2, -0.15) is 0 Å². The molecule has 1 heterocycles. The summed E-state index contributed by atoms with van der Waals surface area (Å²) in [5.74, 6) is 0.709. The van der Waals surface area contributed by atoms with Crippen molar-refractivity contribution < 1.29 is 4.79 Å². The first-order valence-electron chi connectivity index (χ1n) is 6.76. The summed E-state index contributed by atoms with van der Waals surface area (Å²) in [5, 5.41) is 0. The Balaban J connectivity index is 3.00. The fourth-order valence-electron chi connectivity index (χ4n) is 1.90. The van der Waals surface area contributed by atoms with E-state index >= 15 is 0 Å². The van der Waals surface area contributed by atoms with Crippen molar-refractivity contribution in [3.63, 3.8) is 0 Å². The van der Waals surface area contributed by atoms with Crippen LogP contribution in [0.25, 0.3) is 0 Å². The van der Waals surface area contributed by atoms with Gasteiger partial charge in [-0.05, 0) is 26.1 Å². The molecule has 0 aliphatic rings.